The van der Waals surface area contributed by atoms with Crippen molar-refractivity contribution >= 4 is 17.3 Å². The fraction of sp³-hybridized carbons (Fsp3) is 0.500. The fourth-order valence-electron chi connectivity index (χ4n) is 1.07. The van der Waals surface area contributed by atoms with Crippen LogP contribution in [0.2, 0.25) is 0 Å². The van der Waals surface area contributed by atoms with Crippen molar-refractivity contribution in [1.29, 1.82) is 0 Å². The number of carboxylic acid groups (broad SMARTS) is 1. The first-order valence-corrected chi connectivity index (χ1v) is 4.71. The van der Waals surface area contributed by atoms with Crippen LogP contribution >= 0.6 is 11.3 Å². The van der Waals surface area contributed by atoms with Crippen LogP contribution in [0, 0.1) is 5.92 Å². The third-order valence-electron chi connectivity index (χ3n) is 1.56. The van der Waals surface area contributed by atoms with Gasteiger partial charge in [0.25, 0.3) is 0 Å². The molecular formula is C8H11NO2S. The van der Waals surface area contributed by atoms with Gasteiger partial charge >= 0.3 is 5.97 Å². The smallest absolute Gasteiger partial charge is 0.303 e. The van der Waals surface area contributed by atoms with Gasteiger partial charge in [0.2, 0.25) is 0 Å². The van der Waals surface area contributed by atoms with Crippen molar-refractivity contribution in [2.45, 2.75) is 19.8 Å². The average Bonchev–Trinajstić information content (AvgIpc) is 2.37. The van der Waals surface area contributed by atoms with Gasteiger partial charge in [-0.2, -0.15) is 0 Å². The largest absolute Gasteiger partial charge is 0.481 e. The predicted octanol–water partition coefficient (Wildman–Crippen LogP) is 1.80. The Morgan fingerprint density at radius 1 is 1.83 bits per heavy atom. The van der Waals surface area contributed by atoms with Crippen LogP contribution in [0.4, 0.5) is 0 Å². The van der Waals surface area contributed by atoms with E-state index in [1.807, 2.05) is 12.3 Å². The monoisotopic (exact) mass is 185 g/mol. The van der Waals surface area contributed by atoms with Gasteiger partial charge in [0.15, 0.2) is 0 Å². The van der Waals surface area contributed by atoms with E-state index in [0.29, 0.717) is 0 Å². The van der Waals surface area contributed by atoms with Crippen LogP contribution in [-0.2, 0) is 11.2 Å². The Labute approximate surface area is 75.1 Å². The number of carbonyl (C=O) groups is 1. The predicted molar refractivity (Wildman–Crippen MR) is 47.2 cm³/mol. The minimum Gasteiger partial charge on any atom is -0.481 e. The number of thiazole rings is 1. The molecule has 1 rings (SSSR count). The van der Waals surface area contributed by atoms with Gasteiger partial charge in [0.05, 0.1) is 11.2 Å². The molecule has 0 aliphatic rings. The molecule has 0 spiro atoms. The minimum atomic E-state index is -0.738. The van der Waals surface area contributed by atoms with Gasteiger partial charge in [0, 0.05) is 11.8 Å². The van der Waals surface area contributed by atoms with E-state index in [2.05, 4.69) is 4.98 Å². The molecule has 1 atom stereocenters. The maximum absolute atomic E-state index is 10.3. The molecule has 0 amide bonds. The highest BCUT2D eigenvalue weighted by atomic mass is 32.1. The number of aliphatic carboxylic acids is 1. The highest BCUT2D eigenvalue weighted by Gasteiger charge is 2.08. The van der Waals surface area contributed by atoms with Crippen molar-refractivity contribution in [3.8, 4) is 0 Å². The second-order valence-electron chi connectivity index (χ2n) is 2.89. The number of aromatic nitrogens is 1. The molecule has 0 fully saturated rings. The van der Waals surface area contributed by atoms with E-state index in [0.717, 1.165) is 12.1 Å². The van der Waals surface area contributed by atoms with Crippen molar-refractivity contribution in [2.75, 3.05) is 0 Å². The van der Waals surface area contributed by atoms with Crippen LogP contribution in [0.3, 0.4) is 0 Å². The topological polar surface area (TPSA) is 50.2 Å². The summed E-state index contributed by atoms with van der Waals surface area (Å²) >= 11 is 1.54. The second-order valence-corrected chi connectivity index (χ2v) is 3.61. The van der Waals surface area contributed by atoms with Crippen LogP contribution in [0.25, 0.3) is 0 Å². The van der Waals surface area contributed by atoms with E-state index in [9.17, 15) is 4.79 Å². The van der Waals surface area contributed by atoms with Crippen LogP contribution in [0.5, 0.6) is 0 Å². The zero-order chi connectivity index (χ0) is 8.97. The Morgan fingerprint density at radius 3 is 3.08 bits per heavy atom. The SMILES string of the molecule is C[C@@H](CC(=O)O)Cc1cscn1. The summed E-state index contributed by atoms with van der Waals surface area (Å²) in [5, 5.41) is 10.5. The second kappa shape index (κ2) is 4.21. The van der Waals surface area contributed by atoms with E-state index in [1.54, 1.807) is 16.8 Å². The summed E-state index contributed by atoms with van der Waals surface area (Å²) < 4.78 is 0. The summed E-state index contributed by atoms with van der Waals surface area (Å²) in [5.74, 6) is -0.567. The van der Waals surface area contributed by atoms with Crippen molar-refractivity contribution < 1.29 is 9.90 Å². The third-order valence-corrected chi connectivity index (χ3v) is 2.20. The van der Waals surface area contributed by atoms with Gasteiger partial charge in [0.1, 0.15) is 0 Å². The van der Waals surface area contributed by atoms with Gasteiger partial charge in [-0.15, -0.1) is 11.3 Å². The maximum atomic E-state index is 10.3. The number of hydrogen-bond donors (Lipinski definition) is 1. The lowest BCUT2D eigenvalue weighted by atomic mass is 10.0. The zero-order valence-electron chi connectivity index (χ0n) is 6.86. The van der Waals surface area contributed by atoms with Crippen molar-refractivity contribution in [3.05, 3.63) is 16.6 Å². The van der Waals surface area contributed by atoms with E-state index in [1.165, 1.54) is 0 Å². The van der Waals surface area contributed by atoms with E-state index in [-0.39, 0.29) is 12.3 Å². The fourth-order valence-corrected chi connectivity index (χ4v) is 1.64. The molecule has 0 radical (unpaired) electrons. The summed E-state index contributed by atoms with van der Waals surface area (Å²) in [5.41, 5.74) is 2.76. The van der Waals surface area contributed by atoms with Crippen LogP contribution < -0.4 is 0 Å². The molecule has 1 N–H and O–H groups in total. The molecule has 0 unspecified atom stereocenters. The molecule has 12 heavy (non-hydrogen) atoms. The third kappa shape index (κ3) is 3.00. The summed E-state index contributed by atoms with van der Waals surface area (Å²) in [6, 6.07) is 0. The molecule has 1 aromatic rings. The molecule has 0 bridgehead atoms. The Kier molecular flexibility index (Phi) is 3.22. The Hall–Kier alpha value is -0.900. The van der Waals surface area contributed by atoms with Gasteiger partial charge in [-0.05, 0) is 12.3 Å². The lowest BCUT2D eigenvalue weighted by Gasteiger charge is -2.04. The molecule has 4 heteroatoms. The molecule has 0 aromatic carbocycles. The summed E-state index contributed by atoms with van der Waals surface area (Å²) in [7, 11) is 0. The van der Waals surface area contributed by atoms with Crippen LogP contribution in [-0.4, -0.2) is 16.1 Å². The Morgan fingerprint density at radius 2 is 2.58 bits per heavy atom. The highest BCUT2D eigenvalue weighted by Crippen LogP contribution is 2.11. The minimum absolute atomic E-state index is 0.171. The molecule has 66 valence electrons. The molecule has 0 aliphatic heterocycles. The quantitative estimate of drug-likeness (QED) is 0.778. The van der Waals surface area contributed by atoms with Crippen molar-refractivity contribution in [3.63, 3.8) is 0 Å². The zero-order valence-corrected chi connectivity index (χ0v) is 7.67. The molecule has 0 saturated carbocycles. The van der Waals surface area contributed by atoms with Gasteiger partial charge < -0.3 is 5.11 Å². The number of hydrogen-bond acceptors (Lipinski definition) is 3. The molecular weight excluding hydrogens is 174 g/mol. The average molecular weight is 185 g/mol. The van der Waals surface area contributed by atoms with Crippen LogP contribution in [0.1, 0.15) is 19.0 Å². The van der Waals surface area contributed by atoms with Gasteiger partial charge in [-0.25, -0.2) is 4.98 Å². The summed E-state index contributed by atoms with van der Waals surface area (Å²) in [6.07, 6.45) is 0.979. The van der Waals surface area contributed by atoms with E-state index in [4.69, 9.17) is 5.11 Å². The van der Waals surface area contributed by atoms with Crippen LogP contribution in [0.15, 0.2) is 10.9 Å². The first kappa shape index (κ1) is 9.19. The Balaban J connectivity index is 2.36. The first-order chi connectivity index (χ1) is 5.68. The molecule has 3 nitrogen and oxygen atoms in total. The molecule has 0 aliphatic carbocycles. The lowest BCUT2D eigenvalue weighted by Crippen LogP contribution is -2.06. The summed E-state index contributed by atoms with van der Waals surface area (Å²) in [6.45, 7) is 1.92. The van der Waals surface area contributed by atoms with Gasteiger partial charge in [-0.1, -0.05) is 6.92 Å². The summed E-state index contributed by atoms with van der Waals surface area (Å²) in [4.78, 5) is 14.4. The molecule has 0 saturated heterocycles. The van der Waals surface area contributed by atoms with Gasteiger partial charge in [-0.3, -0.25) is 4.79 Å². The Bertz CT molecular complexity index is 246. The number of rotatable bonds is 4. The standard InChI is InChI=1S/C8H11NO2S/c1-6(3-8(10)11)2-7-4-12-5-9-7/h4-6H,2-3H2,1H3,(H,10,11)/t6-/m1/s1. The lowest BCUT2D eigenvalue weighted by molar-refractivity contribution is -0.137. The normalized spacial score (nSPS) is 12.8. The molecule has 1 aromatic heterocycles. The first-order valence-electron chi connectivity index (χ1n) is 3.77. The number of carboxylic acids is 1. The molecule has 1 heterocycles. The maximum Gasteiger partial charge on any atom is 0.303 e. The highest BCUT2D eigenvalue weighted by molar-refractivity contribution is 7.07. The van der Waals surface area contributed by atoms with Crippen molar-refractivity contribution in [1.82, 2.24) is 4.98 Å². The van der Waals surface area contributed by atoms with Crippen molar-refractivity contribution in [2.24, 2.45) is 5.92 Å². The van der Waals surface area contributed by atoms with E-state index < -0.39 is 5.97 Å². The number of nitrogens with zero attached hydrogens (tertiary/aromatic N) is 1. The van der Waals surface area contributed by atoms with E-state index >= 15 is 0 Å².